The number of imide groups is 1. The molecular weight excluding hydrogens is 350 g/mol. The van der Waals surface area contributed by atoms with E-state index in [9.17, 15) is 24.5 Å². The number of nitrogens with one attached hydrogen (secondary N) is 1. The molecular formula is C19H17N3O5. The molecule has 1 heterocycles. The number of allylic oxidation sites excluding steroid dienone is 2. The largest absolute Gasteiger partial charge is 0.324 e. The summed E-state index contributed by atoms with van der Waals surface area (Å²) < 4.78 is 0. The number of benzene rings is 1. The molecule has 2 saturated carbocycles. The summed E-state index contributed by atoms with van der Waals surface area (Å²) in [5.74, 6) is -0.469. The van der Waals surface area contributed by atoms with Crippen LogP contribution in [0.2, 0.25) is 0 Å². The van der Waals surface area contributed by atoms with Crippen molar-refractivity contribution in [1.29, 1.82) is 0 Å². The molecule has 8 nitrogen and oxygen atoms in total. The lowest BCUT2D eigenvalue weighted by Crippen LogP contribution is -2.40. The van der Waals surface area contributed by atoms with Crippen LogP contribution in [-0.4, -0.2) is 34.1 Å². The fraction of sp³-hybridized carbons (Fsp3) is 0.421. The molecule has 5 aliphatic rings. The molecule has 1 aliphatic heterocycles. The average Bonchev–Trinajstić information content (AvgIpc) is 3.43. The van der Waals surface area contributed by atoms with Gasteiger partial charge in [-0.3, -0.25) is 29.4 Å². The second-order valence-electron chi connectivity index (χ2n) is 7.77. The number of carbonyl (C=O) groups is 3. The quantitative estimate of drug-likeness (QED) is 0.376. The number of carbonyl (C=O) groups excluding carboxylic acids is 3. The van der Waals surface area contributed by atoms with E-state index in [1.807, 2.05) is 0 Å². The highest BCUT2D eigenvalue weighted by Gasteiger charge is 2.67. The smallest absolute Gasteiger partial charge is 0.271 e. The maximum absolute atomic E-state index is 12.8. The Hall–Kier alpha value is -3.03. The molecule has 27 heavy (non-hydrogen) atoms. The first-order valence-corrected chi connectivity index (χ1v) is 9.03. The second kappa shape index (κ2) is 5.48. The van der Waals surface area contributed by atoms with Crippen LogP contribution in [0.15, 0.2) is 36.4 Å². The predicted molar refractivity (Wildman–Crippen MR) is 93.1 cm³/mol. The van der Waals surface area contributed by atoms with Crippen LogP contribution in [0.3, 0.4) is 0 Å². The summed E-state index contributed by atoms with van der Waals surface area (Å²) in [6.07, 6.45) is 5.25. The first-order chi connectivity index (χ1) is 13.0. The lowest BCUT2D eigenvalue weighted by Gasteiger charge is -2.37. The number of amides is 3. The number of nitrogens with zero attached hydrogens (tertiary/aromatic N) is 2. The lowest BCUT2D eigenvalue weighted by atomic mass is 9.63. The molecule has 3 fully saturated rings. The van der Waals surface area contributed by atoms with Gasteiger partial charge in [-0.25, -0.2) is 0 Å². The first-order valence-electron chi connectivity index (χ1n) is 9.03. The van der Waals surface area contributed by atoms with Gasteiger partial charge in [0.2, 0.25) is 17.7 Å². The van der Waals surface area contributed by atoms with Gasteiger partial charge >= 0.3 is 0 Å². The zero-order chi connectivity index (χ0) is 18.9. The summed E-state index contributed by atoms with van der Waals surface area (Å²) in [4.78, 5) is 49.4. The van der Waals surface area contributed by atoms with E-state index >= 15 is 0 Å². The summed E-state index contributed by atoms with van der Waals surface area (Å²) in [6, 6.07) is 5.55. The first kappa shape index (κ1) is 16.2. The number of likely N-dealkylation sites (tertiary alicyclic amines) is 1. The van der Waals surface area contributed by atoms with Crippen LogP contribution in [0, 0.1) is 45.6 Å². The van der Waals surface area contributed by atoms with Gasteiger partial charge in [0, 0.05) is 17.8 Å². The normalized spacial score (nSPS) is 35.0. The maximum Gasteiger partial charge on any atom is 0.271 e. The van der Waals surface area contributed by atoms with E-state index in [0.717, 1.165) is 11.3 Å². The predicted octanol–water partition coefficient (Wildman–Crippen LogP) is 1.59. The van der Waals surface area contributed by atoms with Crippen molar-refractivity contribution in [3.8, 4) is 0 Å². The van der Waals surface area contributed by atoms with Gasteiger partial charge in [-0.15, -0.1) is 0 Å². The molecule has 1 aromatic rings. The topological polar surface area (TPSA) is 110 Å². The minimum Gasteiger partial charge on any atom is -0.324 e. The number of nitro benzene ring substituents is 1. The minimum absolute atomic E-state index is 0.117. The van der Waals surface area contributed by atoms with Gasteiger partial charge in [-0.2, -0.15) is 0 Å². The van der Waals surface area contributed by atoms with E-state index in [-0.39, 0.29) is 53.4 Å². The molecule has 4 aliphatic carbocycles. The van der Waals surface area contributed by atoms with Gasteiger partial charge in [-0.1, -0.05) is 18.2 Å². The van der Waals surface area contributed by atoms with E-state index in [4.69, 9.17) is 0 Å². The van der Waals surface area contributed by atoms with Crippen LogP contribution in [0.5, 0.6) is 0 Å². The van der Waals surface area contributed by atoms with E-state index < -0.39 is 10.8 Å². The van der Waals surface area contributed by atoms with Gasteiger partial charge < -0.3 is 5.32 Å². The van der Waals surface area contributed by atoms with Crippen LogP contribution in [0.25, 0.3) is 0 Å². The number of nitro groups is 1. The summed E-state index contributed by atoms with van der Waals surface area (Å²) in [7, 11) is 0. The number of hydrogen-bond acceptors (Lipinski definition) is 5. The fourth-order valence-corrected chi connectivity index (χ4v) is 5.22. The Morgan fingerprint density at radius 1 is 1.15 bits per heavy atom. The highest BCUT2D eigenvalue weighted by molar-refractivity contribution is 6.09. The van der Waals surface area contributed by atoms with E-state index in [0.29, 0.717) is 11.8 Å². The average molecular weight is 367 g/mol. The van der Waals surface area contributed by atoms with Crippen molar-refractivity contribution < 1.29 is 19.3 Å². The Morgan fingerprint density at radius 3 is 2.37 bits per heavy atom. The Morgan fingerprint density at radius 2 is 1.78 bits per heavy atom. The molecule has 3 amide bonds. The van der Waals surface area contributed by atoms with E-state index in [1.165, 1.54) is 24.3 Å². The van der Waals surface area contributed by atoms with Crippen molar-refractivity contribution >= 4 is 29.1 Å². The Labute approximate surface area is 154 Å². The summed E-state index contributed by atoms with van der Waals surface area (Å²) in [6.45, 7) is -0.359. The van der Waals surface area contributed by atoms with Gasteiger partial charge in [0.25, 0.3) is 5.69 Å². The molecule has 1 N–H and O–H groups in total. The lowest BCUT2D eigenvalue weighted by molar-refractivity contribution is -0.384. The van der Waals surface area contributed by atoms with Gasteiger partial charge in [0.05, 0.1) is 16.8 Å². The van der Waals surface area contributed by atoms with Crippen molar-refractivity contribution in [2.45, 2.75) is 6.42 Å². The molecule has 0 unspecified atom stereocenters. The molecule has 0 spiro atoms. The third kappa shape index (κ3) is 2.32. The summed E-state index contributed by atoms with van der Waals surface area (Å²) in [5, 5.41) is 13.4. The van der Waals surface area contributed by atoms with Crippen molar-refractivity contribution in [2.75, 3.05) is 11.9 Å². The van der Waals surface area contributed by atoms with Crippen molar-refractivity contribution in [1.82, 2.24) is 4.90 Å². The van der Waals surface area contributed by atoms with Gasteiger partial charge in [0.15, 0.2) is 0 Å². The zero-order valence-corrected chi connectivity index (χ0v) is 14.3. The Kier molecular flexibility index (Phi) is 3.28. The minimum atomic E-state index is -0.554. The second-order valence-corrected chi connectivity index (χ2v) is 7.77. The molecule has 2 bridgehead atoms. The van der Waals surface area contributed by atoms with Crippen LogP contribution >= 0.6 is 0 Å². The van der Waals surface area contributed by atoms with E-state index in [2.05, 4.69) is 17.5 Å². The standard InChI is InChI=1S/C19H17N3O5/c23-15(20-9-2-1-3-10(6-9)22(26)27)8-21-18(24)16-11-4-5-12(14-7-13(11)14)17(16)19(21)25/h1-6,11-14,16-17H,7-8H2,(H,20,23)/t11-,12-,13-,14-,16+,17+/m1/s1. The molecule has 6 rings (SSSR count). The monoisotopic (exact) mass is 367 g/mol. The number of hydrogen-bond donors (Lipinski definition) is 1. The van der Waals surface area contributed by atoms with Crippen LogP contribution in [0.4, 0.5) is 11.4 Å². The highest BCUT2D eigenvalue weighted by atomic mass is 16.6. The molecule has 1 saturated heterocycles. The molecule has 8 heteroatoms. The van der Waals surface area contributed by atoms with Crippen molar-refractivity contribution in [3.05, 3.63) is 46.5 Å². The van der Waals surface area contributed by atoms with Crippen molar-refractivity contribution in [3.63, 3.8) is 0 Å². The summed E-state index contributed by atoms with van der Waals surface area (Å²) in [5.41, 5.74) is 0.114. The van der Waals surface area contributed by atoms with E-state index in [1.54, 1.807) is 0 Å². The fourth-order valence-electron chi connectivity index (χ4n) is 5.22. The Bertz CT molecular complexity index is 890. The molecule has 1 aromatic carbocycles. The number of non-ortho nitro benzene ring substituents is 1. The molecule has 138 valence electrons. The maximum atomic E-state index is 12.8. The van der Waals surface area contributed by atoms with Gasteiger partial charge in [0.1, 0.15) is 6.54 Å². The highest BCUT2D eigenvalue weighted by Crippen LogP contribution is 2.65. The van der Waals surface area contributed by atoms with Crippen LogP contribution < -0.4 is 5.32 Å². The number of rotatable bonds is 4. The van der Waals surface area contributed by atoms with Crippen molar-refractivity contribution in [2.24, 2.45) is 35.5 Å². The van der Waals surface area contributed by atoms with Gasteiger partial charge in [-0.05, 0) is 36.2 Å². The third-order valence-electron chi connectivity index (χ3n) is 6.40. The SMILES string of the molecule is O=C(CN1C(=O)[C@H]2[C@@H]3C=C[C@H]([C@H]4C[C@H]34)[C@@H]2C1=O)Nc1cccc([N+](=O)[O-])c1. The summed E-state index contributed by atoms with van der Waals surface area (Å²) >= 11 is 0. The third-order valence-corrected chi connectivity index (χ3v) is 6.40. The zero-order valence-electron chi connectivity index (χ0n) is 14.3. The molecule has 6 atom stereocenters. The van der Waals surface area contributed by atoms with Crippen LogP contribution in [-0.2, 0) is 14.4 Å². The van der Waals surface area contributed by atoms with Crippen LogP contribution in [0.1, 0.15) is 6.42 Å². The molecule has 0 radical (unpaired) electrons. The molecule has 0 aromatic heterocycles. The number of anilines is 1. The Balaban J connectivity index is 1.31.